The van der Waals surface area contributed by atoms with Gasteiger partial charge in [-0.15, -0.1) is 0 Å². The molecule has 1 amide bonds. The van der Waals surface area contributed by atoms with Crippen molar-refractivity contribution < 1.29 is 14.1 Å². The van der Waals surface area contributed by atoms with Gasteiger partial charge in [-0.3, -0.25) is 4.79 Å². The Labute approximate surface area is 145 Å². The van der Waals surface area contributed by atoms with E-state index in [4.69, 9.17) is 9.26 Å². The summed E-state index contributed by atoms with van der Waals surface area (Å²) in [5, 5.41) is 6.71. The first-order valence-corrected chi connectivity index (χ1v) is 7.96. The van der Waals surface area contributed by atoms with Crippen LogP contribution in [0.5, 0.6) is 5.75 Å². The van der Waals surface area contributed by atoms with Gasteiger partial charge in [-0.2, -0.15) is 4.98 Å². The largest absolute Gasteiger partial charge is 0.484 e. The van der Waals surface area contributed by atoms with Crippen LogP contribution >= 0.6 is 0 Å². The van der Waals surface area contributed by atoms with E-state index >= 15 is 0 Å². The minimum Gasteiger partial charge on any atom is -0.484 e. The maximum absolute atomic E-state index is 11.9. The predicted molar refractivity (Wildman–Crippen MR) is 93.0 cm³/mol. The zero-order valence-corrected chi connectivity index (χ0v) is 14.2. The van der Waals surface area contributed by atoms with Crippen molar-refractivity contribution in [3.63, 3.8) is 0 Å². The number of ether oxygens (including phenoxy) is 1. The third kappa shape index (κ3) is 4.44. The van der Waals surface area contributed by atoms with E-state index in [-0.39, 0.29) is 12.5 Å². The van der Waals surface area contributed by atoms with Gasteiger partial charge in [0.2, 0.25) is 11.7 Å². The normalized spacial score (nSPS) is 10.5. The van der Waals surface area contributed by atoms with Crippen LogP contribution in [0.4, 0.5) is 0 Å². The van der Waals surface area contributed by atoms with E-state index in [9.17, 15) is 4.79 Å². The Balaban J connectivity index is 1.49. The average Bonchev–Trinajstić information content (AvgIpc) is 3.06. The van der Waals surface area contributed by atoms with Crippen LogP contribution in [-0.2, 0) is 11.3 Å². The summed E-state index contributed by atoms with van der Waals surface area (Å²) in [4.78, 5) is 16.1. The first-order chi connectivity index (χ1) is 12.1. The SMILES string of the molecule is Cc1nc(-c2ccc(OCC(=O)NCc3ccccc3C)cc2)no1. The number of nitrogens with one attached hydrogen (secondary N) is 1. The summed E-state index contributed by atoms with van der Waals surface area (Å²) in [6.45, 7) is 4.21. The fourth-order valence-electron chi connectivity index (χ4n) is 2.32. The van der Waals surface area contributed by atoms with Crippen molar-refractivity contribution in [2.45, 2.75) is 20.4 Å². The molecule has 0 fully saturated rings. The molecule has 0 aliphatic carbocycles. The predicted octanol–water partition coefficient (Wildman–Crippen LogP) is 3.05. The third-order valence-corrected chi connectivity index (χ3v) is 3.75. The Morgan fingerprint density at radius 3 is 2.56 bits per heavy atom. The van der Waals surface area contributed by atoms with E-state index in [0.717, 1.165) is 16.7 Å². The maximum atomic E-state index is 11.9. The van der Waals surface area contributed by atoms with Gasteiger partial charge in [0.1, 0.15) is 5.75 Å². The number of carbonyl (C=O) groups excluding carboxylic acids is 1. The van der Waals surface area contributed by atoms with Crippen molar-refractivity contribution in [2.75, 3.05) is 6.61 Å². The standard InChI is InChI=1S/C19H19N3O3/c1-13-5-3-4-6-16(13)11-20-18(23)12-24-17-9-7-15(8-10-17)19-21-14(2)25-22-19/h3-10H,11-12H2,1-2H3,(H,20,23). The molecular weight excluding hydrogens is 318 g/mol. The first-order valence-electron chi connectivity index (χ1n) is 7.96. The van der Waals surface area contributed by atoms with E-state index in [1.165, 1.54) is 0 Å². The smallest absolute Gasteiger partial charge is 0.258 e. The molecule has 1 N–H and O–H groups in total. The molecule has 1 heterocycles. The molecule has 0 unspecified atom stereocenters. The molecule has 0 saturated heterocycles. The summed E-state index contributed by atoms with van der Waals surface area (Å²) in [5.74, 6) is 1.48. The van der Waals surface area contributed by atoms with Gasteiger partial charge in [0.15, 0.2) is 6.61 Å². The van der Waals surface area contributed by atoms with Gasteiger partial charge >= 0.3 is 0 Å². The molecule has 0 saturated carbocycles. The van der Waals surface area contributed by atoms with Gasteiger partial charge < -0.3 is 14.6 Å². The number of amides is 1. The Hall–Kier alpha value is -3.15. The molecule has 6 nitrogen and oxygen atoms in total. The van der Waals surface area contributed by atoms with Crippen molar-refractivity contribution in [3.8, 4) is 17.1 Å². The number of benzene rings is 2. The lowest BCUT2D eigenvalue weighted by Crippen LogP contribution is -2.28. The molecule has 25 heavy (non-hydrogen) atoms. The molecule has 0 atom stereocenters. The van der Waals surface area contributed by atoms with E-state index in [1.54, 1.807) is 19.1 Å². The fraction of sp³-hybridized carbons (Fsp3) is 0.211. The molecule has 3 rings (SSSR count). The molecule has 0 bridgehead atoms. The van der Waals surface area contributed by atoms with Gasteiger partial charge in [-0.1, -0.05) is 29.4 Å². The summed E-state index contributed by atoms with van der Waals surface area (Å²) < 4.78 is 10.5. The van der Waals surface area contributed by atoms with Crippen LogP contribution in [0.15, 0.2) is 53.1 Å². The number of hydrogen-bond donors (Lipinski definition) is 1. The Morgan fingerprint density at radius 1 is 1.12 bits per heavy atom. The van der Waals surface area contributed by atoms with E-state index in [0.29, 0.717) is 24.0 Å². The lowest BCUT2D eigenvalue weighted by atomic mass is 10.1. The van der Waals surface area contributed by atoms with Gasteiger partial charge in [0, 0.05) is 19.0 Å². The summed E-state index contributed by atoms with van der Waals surface area (Å²) >= 11 is 0. The number of aromatic nitrogens is 2. The number of aryl methyl sites for hydroxylation is 2. The molecule has 0 radical (unpaired) electrons. The van der Waals surface area contributed by atoms with Crippen molar-refractivity contribution in [2.24, 2.45) is 0 Å². The van der Waals surface area contributed by atoms with E-state index in [1.807, 2.05) is 43.3 Å². The van der Waals surface area contributed by atoms with Crippen LogP contribution in [0.25, 0.3) is 11.4 Å². The second-order valence-electron chi connectivity index (χ2n) is 5.65. The molecule has 128 valence electrons. The Kier molecular flexibility index (Phi) is 5.09. The minimum absolute atomic E-state index is 0.0352. The third-order valence-electron chi connectivity index (χ3n) is 3.75. The Morgan fingerprint density at radius 2 is 1.88 bits per heavy atom. The number of carbonyl (C=O) groups is 1. The Bertz CT molecular complexity index is 856. The van der Waals surface area contributed by atoms with Crippen molar-refractivity contribution in [3.05, 3.63) is 65.5 Å². The average molecular weight is 337 g/mol. The molecule has 1 aromatic heterocycles. The quantitative estimate of drug-likeness (QED) is 0.748. The second kappa shape index (κ2) is 7.61. The molecule has 3 aromatic rings. The highest BCUT2D eigenvalue weighted by Crippen LogP contribution is 2.19. The maximum Gasteiger partial charge on any atom is 0.258 e. The van der Waals surface area contributed by atoms with Crippen molar-refractivity contribution in [1.29, 1.82) is 0 Å². The zero-order chi connectivity index (χ0) is 17.6. The van der Waals surface area contributed by atoms with Crippen molar-refractivity contribution in [1.82, 2.24) is 15.5 Å². The van der Waals surface area contributed by atoms with Gasteiger partial charge in [-0.05, 0) is 42.3 Å². The molecule has 6 heteroatoms. The highest BCUT2D eigenvalue weighted by molar-refractivity contribution is 5.77. The van der Waals surface area contributed by atoms with Crippen LogP contribution in [0.1, 0.15) is 17.0 Å². The molecular formula is C19H19N3O3. The van der Waals surface area contributed by atoms with Gasteiger partial charge in [-0.25, -0.2) is 0 Å². The molecule has 0 aliphatic rings. The second-order valence-corrected chi connectivity index (χ2v) is 5.65. The van der Waals surface area contributed by atoms with Crippen LogP contribution in [0.3, 0.4) is 0 Å². The molecule has 0 aliphatic heterocycles. The lowest BCUT2D eigenvalue weighted by Gasteiger charge is -2.09. The highest BCUT2D eigenvalue weighted by atomic mass is 16.5. The molecule has 0 spiro atoms. The van der Waals surface area contributed by atoms with Crippen LogP contribution in [-0.4, -0.2) is 22.7 Å². The monoisotopic (exact) mass is 337 g/mol. The molecule has 2 aromatic carbocycles. The minimum atomic E-state index is -0.166. The lowest BCUT2D eigenvalue weighted by molar-refractivity contribution is -0.123. The van der Waals surface area contributed by atoms with Crippen LogP contribution < -0.4 is 10.1 Å². The number of hydrogen-bond acceptors (Lipinski definition) is 5. The fourth-order valence-corrected chi connectivity index (χ4v) is 2.32. The van der Waals surface area contributed by atoms with Crippen molar-refractivity contribution >= 4 is 5.91 Å². The van der Waals surface area contributed by atoms with E-state index < -0.39 is 0 Å². The van der Waals surface area contributed by atoms with Gasteiger partial charge in [0.05, 0.1) is 0 Å². The van der Waals surface area contributed by atoms with Crippen LogP contribution in [0, 0.1) is 13.8 Å². The van der Waals surface area contributed by atoms with Crippen LogP contribution in [0.2, 0.25) is 0 Å². The van der Waals surface area contributed by atoms with Gasteiger partial charge in [0.25, 0.3) is 5.91 Å². The topological polar surface area (TPSA) is 77.2 Å². The zero-order valence-electron chi connectivity index (χ0n) is 14.2. The summed E-state index contributed by atoms with van der Waals surface area (Å²) in [6, 6.07) is 15.1. The summed E-state index contributed by atoms with van der Waals surface area (Å²) in [6.07, 6.45) is 0. The first kappa shape index (κ1) is 16.7. The number of nitrogens with zero attached hydrogens (tertiary/aromatic N) is 2. The summed E-state index contributed by atoms with van der Waals surface area (Å²) in [5.41, 5.74) is 3.07. The van der Waals surface area contributed by atoms with E-state index in [2.05, 4.69) is 15.5 Å². The number of rotatable bonds is 6. The highest BCUT2D eigenvalue weighted by Gasteiger charge is 2.07. The summed E-state index contributed by atoms with van der Waals surface area (Å²) in [7, 11) is 0.